The van der Waals surface area contributed by atoms with Crippen LogP contribution in [-0.2, 0) is 15.1 Å². The Labute approximate surface area is 156 Å². The molecule has 1 aromatic rings. The Morgan fingerprint density at radius 3 is 2.70 bits per heavy atom. The molecule has 2 fully saturated rings. The minimum Gasteiger partial charge on any atom is -0.352 e. The van der Waals surface area contributed by atoms with E-state index >= 15 is 0 Å². The fraction of sp³-hybridized carbons (Fsp3) is 0.526. The third-order valence-corrected chi connectivity index (χ3v) is 5.50. The van der Waals surface area contributed by atoms with Crippen LogP contribution in [0.2, 0.25) is 0 Å². The maximum absolute atomic E-state index is 14.1. The zero-order chi connectivity index (χ0) is 19.8. The Morgan fingerprint density at radius 2 is 2.00 bits per heavy atom. The van der Waals surface area contributed by atoms with E-state index in [0.29, 0.717) is 5.92 Å². The van der Waals surface area contributed by atoms with E-state index in [1.165, 1.54) is 6.92 Å². The monoisotopic (exact) mass is 379 g/mol. The standard InChI is InChI=1S/C19H23F2N3O3/c1-11-5-3-4-6-15(11)22-16(25)10-24-17(26)19(2,23-18(24)27)13-9-12(20)7-8-14(13)21/h7-9,11,15H,3-6,10H2,1-2H3,(H,22,25)(H,23,27)/t11-,15+,19+/m0/s1. The highest BCUT2D eigenvalue weighted by atomic mass is 19.1. The number of halogens is 2. The zero-order valence-corrected chi connectivity index (χ0v) is 15.4. The van der Waals surface area contributed by atoms with E-state index in [2.05, 4.69) is 17.6 Å². The summed E-state index contributed by atoms with van der Waals surface area (Å²) in [5.74, 6) is -2.44. The van der Waals surface area contributed by atoms with Gasteiger partial charge in [-0.05, 0) is 43.9 Å². The van der Waals surface area contributed by atoms with E-state index in [1.807, 2.05) is 0 Å². The highest BCUT2D eigenvalue weighted by molar-refractivity contribution is 6.09. The molecule has 1 aliphatic carbocycles. The first-order chi connectivity index (χ1) is 12.7. The lowest BCUT2D eigenvalue weighted by Gasteiger charge is -2.30. The van der Waals surface area contributed by atoms with Crippen molar-refractivity contribution in [1.82, 2.24) is 15.5 Å². The van der Waals surface area contributed by atoms with E-state index < -0.39 is 41.6 Å². The van der Waals surface area contributed by atoms with Gasteiger partial charge < -0.3 is 10.6 Å². The summed E-state index contributed by atoms with van der Waals surface area (Å²) in [5.41, 5.74) is -2.04. The van der Waals surface area contributed by atoms with Gasteiger partial charge >= 0.3 is 6.03 Å². The van der Waals surface area contributed by atoms with Gasteiger partial charge in [0.1, 0.15) is 23.7 Å². The topological polar surface area (TPSA) is 78.5 Å². The highest BCUT2D eigenvalue weighted by Gasteiger charge is 2.51. The molecule has 8 heteroatoms. The number of carbonyl (C=O) groups excluding carboxylic acids is 3. The molecule has 146 valence electrons. The van der Waals surface area contributed by atoms with E-state index in [4.69, 9.17) is 0 Å². The van der Waals surface area contributed by atoms with Crippen LogP contribution in [0.5, 0.6) is 0 Å². The van der Waals surface area contributed by atoms with Crippen LogP contribution in [0.25, 0.3) is 0 Å². The molecule has 0 bridgehead atoms. The SMILES string of the molecule is C[C@H]1CCCC[C@H]1NC(=O)CN1C(=O)N[C@](C)(c2cc(F)ccc2F)C1=O. The molecule has 0 unspecified atom stereocenters. The average molecular weight is 379 g/mol. The van der Waals surface area contributed by atoms with Gasteiger partial charge in [0.2, 0.25) is 5.91 Å². The lowest BCUT2D eigenvalue weighted by molar-refractivity contribution is -0.135. The molecule has 3 atom stereocenters. The summed E-state index contributed by atoms with van der Waals surface area (Å²) in [6, 6.07) is 1.91. The highest BCUT2D eigenvalue weighted by Crippen LogP contribution is 2.31. The number of nitrogens with one attached hydrogen (secondary N) is 2. The van der Waals surface area contributed by atoms with Crippen LogP contribution < -0.4 is 10.6 Å². The average Bonchev–Trinajstić information content (AvgIpc) is 2.83. The lowest BCUT2D eigenvalue weighted by Crippen LogP contribution is -2.47. The third kappa shape index (κ3) is 3.65. The Hall–Kier alpha value is -2.51. The molecule has 2 aliphatic rings. The van der Waals surface area contributed by atoms with Crippen LogP contribution in [0.1, 0.15) is 45.1 Å². The van der Waals surface area contributed by atoms with Crippen molar-refractivity contribution in [2.75, 3.05) is 6.54 Å². The molecule has 6 nitrogen and oxygen atoms in total. The van der Waals surface area contributed by atoms with Crippen molar-refractivity contribution in [3.05, 3.63) is 35.4 Å². The van der Waals surface area contributed by atoms with Gasteiger partial charge in [0.05, 0.1) is 0 Å². The predicted molar refractivity (Wildman–Crippen MR) is 93.5 cm³/mol. The minimum absolute atomic E-state index is 0.0130. The van der Waals surface area contributed by atoms with Gasteiger partial charge in [-0.1, -0.05) is 19.8 Å². The molecule has 0 aromatic heterocycles. The van der Waals surface area contributed by atoms with Gasteiger partial charge in [-0.15, -0.1) is 0 Å². The molecule has 2 N–H and O–H groups in total. The summed E-state index contributed by atoms with van der Waals surface area (Å²) in [7, 11) is 0. The van der Waals surface area contributed by atoms with Crippen LogP contribution in [0.15, 0.2) is 18.2 Å². The fourth-order valence-electron chi connectivity index (χ4n) is 3.83. The van der Waals surface area contributed by atoms with Crippen LogP contribution >= 0.6 is 0 Å². The first-order valence-electron chi connectivity index (χ1n) is 9.11. The summed E-state index contributed by atoms with van der Waals surface area (Å²) in [5, 5.41) is 5.26. The Morgan fingerprint density at radius 1 is 1.30 bits per heavy atom. The van der Waals surface area contributed by atoms with Crippen molar-refractivity contribution in [2.45, 2.75) is 51.1 Å². The summed E-state index contributed by atoms with van der Waals surface area (Å²) >= 11 is 0. The molecule has 27 heavy (non-hydrogen) atoms. The zero-order valence-electron chi connectivity index (χ0n) is 15.4. The number of urea groups is 1. The normalized spacial score (nSPS) is 28.2. The van der Waals surface area contributed by atoms with Gasteiger partial charge in [-0.3, -0.25) is 14.5 Å². The van der Waals surface area contributed by atoms with Crippen molar-refractivity contribution < 1.29 is 23.2 Å². The van der Waals surface area contributed by atoms with Gasteiger partial charge in [-0.2, -0.15) is 0 Å². The number of nitrogens with zero attached hydrogens (tertiary/aromatic N) is 1. The molecule has 3 rings (SSSR count). The second kappa shape index (κ2) is 7.25. The van der Waals surface area contributed by atoms with Crippen LogP contribution in [0.3, 0.4) is 0 Å². The van der Waals surface area contributed by atoms with E-state index in [-0.39, 0.29) is 11.6 Å². The Bertz CT molecular complexity index is 785. The predicted octanol–water partition coefficient (Wildman–Crippen LogP) is 2.43. The molecule has 1 heterocycles. The minimum atomic E-state index is -1.76. The first-order valence-corrected chi connectivity index (χ1v) is 9.11. The number of amides is 4. The Balaban J connectivity index is 1.74. The maximum Gasteiger partial charge on any atom is 0.325 e. The summed E-state index contributed by atoms with van der Waals surface area (Å²) in [4.78, 5) is 38.1. The van der Waals surface area contributed by atoms with Crippen molar-refractivity contribution in [3.8, 4) is 0 Å². The quantitative estimate of drug-likeness (QED) is 0.789. The summed E-state index contributed by atoms with van der Waals surface area (Å²) in [6.45, 7) is 2.90. The smallest absolute Gasteiger partial charge is 0.325 e. The summed E-state index contributed by atoms with van der Waals surface area (Å²) < 4.78 is 27.7. The van der Waals surface area contributed by atoms with Gasteiger partial charge in [0, 0.05) is 11.6 Å². The van der Waals surface area contributed by atoms with Crippen LogP contribution in [0.4, 0.5) is 13.6 Å². The fourth-order valence-corrected chi connectivity index (χ4v) is 3.83. The van der Waals surface area contributed by atoms with Crippen molar-refractivity contribution in [2.24, 2.45) is 5.92 Å². The van der Waals surface area contributed by atoms with E-state index in [0.717, 1.165) is 48.8 Å². The van der Waals surface area contributed by atoms with E-state index in [1.54, 1.807) is 0 Å². The Kier molecular flexibility index (Phi) is 5.17. The second-order valence-corrected chi connectivity index (χ2v) is 7.51. The number of benzene rings is 1. The summed E-state index contributed by atoms with van der Waals surface area (Å²) in [6.07, 6.45) is 4.03. The van der Waals surface area contributed by atoms with Gasteiger partial charge in [0.15, 0.2) is 0 Å². The molecule has 1 aromatic carbocycles. The third-order valence-electron chi connectivity index (χ3n) is 5.50. The second-order valence-electron chi connectivity index (χ2n) is 7.51. The number of carbonyl (C=O) groups is 3. The molecule has 0 radical (unpaired) electrons. The van der Waals surface area contributed by atoms with Gasteiger partial charge in [0.25, 0.3) is 5.91 Å². The molecule has 4 amide bonds. The first kappa shape index (κ1) is 19.3. The van der Waals surface area contributed by atoms with Crippen LogP contribution in [0, 0.1) is 17.6 Å². The number of hydrogen-bond acceptors (Lipinski definition) is 3. The molecular weight excluding hydrogens is 356 g/mol. The van der Waals surface area contributed by atoms with Crippen molar-refractivity contribution in [3.63, 3.8) is 0 Å². The number of rotatable bonds is 4. The van der Waals surface area contributed by atoms with E-state index in [9.17, 15) is 23.2 Å². The molecular formula is C19H23F2N3O3. The number of hydrogen-bond donors (Lipinski definition) is 2. The van der Waals surface area contributed by atoms with Gasteiger partial charge in [-0.25, -0.2) is 13.6 Å². The largest absolute Gasteiger partial charge is 0.352 e. The maximum atomic E-state index is 14.1. The number of imide groups is 1. The van der Waals surface area contributed by atoms with Crippen LogP contribution in [-0.4, -0.2) is 35.3 Å². The molecule has 0 spiro atoms. The van der Waals surface area contributed by atoms with Crippen molar-refractivity contribution >= 4 is 17.8 Å². The van der Waals surface area contributed by atoms with Crippen molar-refractivity contribution in [1.29, 1.82) is 0 Å². The molecule has 1 aliphatic heterocycles. The lowest BCUT2D eigenvalue weighted by atomic mass is 9.86. The molecule has 1 saturated heterocycles. The molecule has 1 saturated carbocycles.